The van der Waals surface area contributed by atoms with Gasteiger partial charge in [0.25, 0.3) is 0 Å². The summed E-state index contributed by atoms with van der Waals surface area (Å²) in [5.41, 5.74) is 1.00. The van der Waals surface area contributed by atoms with Crippen LogP contribution in [0.15, 0.2) is 10.2 Å². The fraction of sp³-hybridized carbons (Fsp3) is 0.667. The van der Waals surface area contributed by atoms with E-state index in [4.69, 9.17) is 0 Å². The van der Waals surface area contributed by atoms with E-state index in [0.29, 0.717) is 6.04 Å². The van der Waals surface area contributed by atoms with Crippen molar-refractivity contribution in [1.29, 1.82) is 0 Å². The second kappa shape index (κ2) is 3.64. The fourth-order valence-corrected chi connectivity index (χ4v) is 2.02. The van der Waals surface area contributed by atoms with Crippen molar-refractivity contribution in [2.75, 3.05) is 0 Å². The third kappa shape index (κ3) is 2.42. The lowest BCUT2D eigenvalue weighted by atomic mass is 10.2. The average Bonchev–Trinajstić information content (AvgIpc) is 2.87. The van der Waals surface area contributed by atoms with Crippen molar-refractivity contribution in [1.82, 2.24) is 10.3 Å². The highest BCUT2D eigenvalue weighted by atomic mass is 32.1. The van der Waals surface area contributed by atoms with Crippen molar-refractivity contribution in [3.63, 3.8) is 0 Å². The number of hydrogen-bond donors (Lipinski definition) is 2. The van der Waals surface area contributed by atoms with Gasteiger partial charge in [-0.05, 0) is 25.7 Å². The number of H-pyrrole nitrogens is 1. The van der Waals surface area contributed by atoms with E-state index in [1.54, 1.807) is 0 Å². The molecular formula is C9H14N2OS. The molecule has 0 radical (unpaired) electrons. The van der Waals surface area contributed by atoms with Gasteiger partial charge in [-0.3, -0.25) is 4.79 Å². The van der Waals surface area contributed by atoms with Crippen LogP contribution < -0.4 is 10.2 Å². The first-order valence-electron chi connectivity index (χ1n) is 4.66. The largest absolute Gasteiger partial charge is 0.315 e. The second-order valence-electron chi connectivity index (χ2n) is 3.68. The van der Waals surface area contributed by atoms with Gasteiger partial charge < -0.3 is 10.3 Å². The molecule has 0 spiro atoms. The van der Waals surface area contributed by atoms with Gasteiger partial charge in [-0.25, -0.2) is 0 Å². The summed E-state index contributed by atoms with van der Waals surface area (Å²) in [6.45, 7) is 3.00. The Kier molecular flexibility index (Phi) is 2.51. The van der Waals surface area contributed by atoms with Crippen LogP contribution in [0.25, 0.3) is 0 Å². The number of rotatable bonds is 4. The molecule has 1 saturated carbocycles. The van der Waals surface area contributed by atoms with E-state index >= 15 is 0 Å². The molecule has 1 aromatic heterocycles. The number of aromatic amines is 1. The molecule has 1 aliphatic carbocycles. The standard InChI is InChI=1S/C9H14N2OS/c1-6(7-2-3-7)10-4-8-5-13-9(12)11-8/h5-7,10H,2-4H2,1H3,(H,11,12). The van der Waals surface area contributed by atoms with Crippen LogP contribution >= 0.6 is 11.3 Å². The molecule has 1 aliphatic rings. The summed E-state index contributed by atoms with van der Waals surface area (Å²) in [5, 5.41) is 5.29. The van der Waals surface area contributed by atoms with Crippen molar-refractivity contribution in [2.24, 2.45) is 5.92 Å². The predicted octanol–water partition coefficient (Wildman–Crippen LogP) is 1.32. The molecule has 72 valence electrons. The Hall–Kier alpha value is -0.610. The number of hydrogen-bond acceptors (Lipinski definition) is 3. The Morgan fingerprint density at radius 1 is 1.77 bits per heavy atom. The normalized spacial score (nSPS) is 18.8. The quantitative estimate of drug-likeness (QED) is 0.766. The van der Waals surface area contributed by atoms with E-state index in [-0.39, 0.29) is 4.87 Å². The molecule has 1 unspecified atom stereocenters. The molecule has 2 rings (SSSR count). The zero-order valence-electron chi connectivity index (χ0n) is 7.67. The van der Waals surface area contributed by atoms with Gasteiger partial charge in [-0.2, -0.15) is 0 Å². The summed E-state index contributed by atoms with van der Waals surface area (Å²) < 4.78 is 0. The van der Waals surface area contributed by atoms with Crippen molar-refractivity contribution in [2.45, 2.75) is 32.4 Å². The number of nitrogens with one attached hydrogen (secondary N) is 2. The van der Waals surface area contributed by atoms with Crippen LogP contribution in [0.5, 0.6) is 0 Å². The van der Waals surface area contributed by atoms with Gasteiger partial charge in [0.15, 0.2) is 0 Å². The molecule has 4 heteroatoms. The van der Waals surface area contributed by atoms with E-state index in [1.807, 2.05) is 5.38 Å². The van der Waals surface area contributed by atoms with Crippen molar-refractivity contribution >= 4 is 11.3 Å². The number of thiazole rings is 1. The van der Waals surface area contributed by atoms with Gasteiger partial charge in [0.05, 0.1) is 0 Å². The Morgan fingerprint density at radius 2 is 2.54 bits per heavy atom. The Balaban J connectivity index is 1.81. The highest BCUT2D eigenvalue weighted by Crippen LogP contribution is 2.32. The van der Waals surface area contributed by atoms with Crippen LogP contribution in [-0.2, 0) is 6.54 Å². The van der Waals surface area contributed by atoms with Crippen molar-refractivity contribution in [3.05, 3.63) is 20.7 Å². The van der Waals surface area contributed by atoms with Gasteiger partial charge in [0.1, 0.15) is 0 Å². The molecule has 0 amide bonds. The zero-order chi connectivity index (χ0) is 9.26. The lowest BCUT2D eigenvalue weighted by Crippen LogP contribution is -2.27. The van der Waals surface area contributed by atoms with Crippen LogP contribution in [-0.4, -0.2) is 11.0 Å². The zero-order valence-corrected chi connectivity index (χ0v) is 8.49. The first kappa shape index (κ1) is 8.97. The first-order valence-corrected chi connectivity index (χ1v) is 5.54. The smallest absolute Gasteiger partial charge is 0.304 e. The average molecular weight is 198 g/mol. The van der Waals surface area contributed by atoms with Gasteiger partial charge in [-0.15, -0.1) is 0 Å². The van der Waals surface area contributed by atoms with Crippen LogP contribution in [0.1, 0.15) is 25.5 Å². The van der Waals surface area contributed by atoms with E-state index in [9.17, 15) is 4.79 Å². The maximum atomic E-state index is 10.8. The molecule has 0 aromatic carbocycles. The minimum absolute atomic E-state index is 0.0378. The second-order valence-corrected chi connectivity index (χ2v) is 4.52. The molecule has 1 heterocycles. The molecule has 1 atom stereocenters. The Labute approximate surface area is 81.2 Å². The summed E-state index contributed by atoms with van der Waals surface area (Å²) in [4.78, 5) is 13.6. The molecule has 13 heavy (non-hydrogen) atoms. The Morgan fingerprint density at radius 3 is 3.08 bits per heavy atom. The molecule has 3 nitrogen and oxygen atoms in total. The maximum Gasteiger partial charge on any atom is 0.304 e. The first-order chi connectivity index (χ1) is 6.25. The highest BCUT2D eigenvalue weighted by Gasteiger charge is 2.27. The lowest BCUT2D eigenvalue weighted by Gasteiger charge is -2.10. The summed E-state index contributed by atoms with van der Waals surface area (Å²) >= 11 is 1.23. The molecule has 2 N–H and O–H groups in total. The molecule has 1 aromatic rings. The highest BCUT2D eigenvalue weighted by molar-refractivity contribution is 7.07. The summed E-state index contributed by atoms with van der Waals surface area (Å²) in [5.74, 6) is 0.866. The third-order valence-corrected chi connectivity index (χ3v) is 3.23. The van der Waals surface area contributed by atoms with Gasteiger partial charge >= 0.3 is 4.87 Å². The van der Waals surface area contributed by atoms with Crippen LogP contribution in [0.3, 0.4) is 0 Å². The van der Waals surface area contributed by atoms with E-state index in [1.165, 1.54) is 24.2 Å². The van der Waals surface area contributed by atoms with E-state index < -0.39 is 0 Å². The van der Waals surface area contributed by atoms with E-state index in [2.05, 4.69) is 17.2 Å². The van der Waals surface area contributed by atoms with Crippen molar-refractivity contribution in [3.8, 4) is 0 Å². The molecule has 1 fully saturated rings. The van der Waals surface area contributed by atoms with Gasteiger partial charge in [0, 0.05) is 23.7 Å². The summed E-state index contributed by atoms with van der Waals surface area (Å²) in [7, 11) is 0. The SMILES string of the molecule is CC(NCc1csc(=O)[nH]1)C1CC1. The summed E-state index contributed by atoms with van der Waals surface area (Å²) in [6, 6.07) is 0.586. The van der Waals surface area contributed by atoms with Gasteiger partial charge in [0.2, 0.25) is 0 Å². The minimum atomic E-state index is 0.0378. The maximum absolute atomic E-state index is 10.8. The molecular weight excluding hydrogens is 184 g/mol. The van der Waals surface area contributed by atoms with Crippen LogP contribution in [0.4, 0.5) is 0 Å². The molecule has 0 saturated heterocycles. The number of aromatic nitrogens is 1. The van der Waals surface area contributed by atoms with Crippen LogP contribution in [0, 0.1) is 5.92 Å². The van der Waals surface area contributed by atoms with Crippen molar-refractivity contribution < 1.29 is 0 Å². The minimum Gasteiger partial charge on any atom is -0.315 e. The molecule has 0 aliphatic heterocycles. The lowest BCUT2D eigenvalue weighted by molar-refractivity contribution is 0.493. The van der Waals surface area contributed by atoms with Gasteiger partial charge in [-0.1, -0.05) is 11.3 Å². The Bertz CT molecular complexity index is 326. The van der Waals surface area contributed by atoms with E-state index in [0.717, 1.165) is 18.2 Å². The third-order valence-electron chi connectivity index (χ3n) is 2.51. The monoisotopic (exact) mass is 198 g/mol. The molecule has 0 bridgehead atoms. The fourth-order valence-electron chi connectivity index (χ4n) is 1.43. The topological polar surface area (TPSA) is 44.9 Å². The summed E-state index contributed by atoms with van der Waals surface area (Å²) in [6.07, 6.45) is 2.71. The predicted molar refractivity (Wildman–Crippen MR) is 54.0 cm³/mol. The van der Waals surface area contributed by atoms with Crippen LogP contribution in [0.2, 0.25) is 0 Å².